The van der Waals surface area contributed by atoms with Crippen LogP contribution in [0.1, 0.15) is 20.3 Å². The number of ketones is 1. The zero-order valence-corrected chi connectivity index (χ0v) is 8.46. The number of nitrogens with zero attached hydrogens (tertiary/aromatic N) is 1. The van der Waals surface area contributed by atoms with Crippen LogP contribution < -0.4 is 0 Å². The van der Waals surface area contributed by atoms with Crippen molar-refractivity contribution in [2.45, 2.75) is 26.4 Å². The molecule has 0 aliphatic carbocycles. The van der Waals surface area contributed by atoms with Crippen molar-refractivity contribution in [3.63, 3.8) is 0 Å². The van der Waals surface area contributed by atoms with E-state index >= 15 is 0 Å². The molecule has 0 spiro atoms. The molecule has 0 saturated heterocycles. The minimum Gasteiger partial charge on any atom is -0.374 e. The van der Waals surface area contributed by atoms with Crippen molar-refractivity contribution in [2.24, 2.45) is 0 Å². The summed E-state index contributed by atoms with van der Waals surface area (Å²) in [5, 5.41) is 0. The van der Waals surface area contributed by atoms with Crippen molar-refractivity contribution in [3.8, 4) is 0 Å². The quantitative estimate of drug-likeness (QED) is 0.598. The Kier molecular flexibility index (Phi) is 5.93. The Morgan fingerprint density at radius 3 is 2.50 bits per heavy atom. The number of carbonyl (C=O) groups is 1. The van der Waals surface area contributed by atoms with Gasteiger partial charge in [0.05, 0.1) is 0 Å². The summed E-state index contributed by atoms with van der Waals surface area (Å²) in [7, 11) is 3.62. The molecule has 0 fully saturated rings. The Labute approximate surface area is 74.7 Å². The van der Waals surface area contributed by atoms with Crippen LogP contribution in [0.25, 0.3) is 0 Å². The van der Waals surface area contributed by atoms with Gasteiger partial charge in [-0.25, -0.2) is 0 Å². The van der Waals surface area contributed by atoms with E-state index in [4.69, 9.17) is 4.74 Å². The highest BCUT2D eigenvalue weighted by atomic mass is 16.5. The lowest BCUT2D eigenvalue weighted by Gasteiger charge is -2.17. The summed E-state index contributed by atoms with van der Waals surface area (Å²) in [5.74, 6) is 0.113. The monoisotopic (exact) mass is 173 g/mol. The summed E-state index contributed by atoms with van der Waals surface area (Å²) in [4.78, 5) is 13.1. The molecule has 0 amide bonds. The molecule has 0 aliphatic heterocycles. The fourth-order valence-corrected chi connectivity index (χ4v) is 0.983. The topological polar surface area (TPSA) is 29.5 Å². The van der Waals surface area contributed by atoms with Crippen LogP contribution in [-0.2, 0) is 9.53 Å². The minimum atomic E-state index is -0.223. The first kappa shape index (κ1) is 11.6. The van der Waals surface area contributed by atoms with Crippen LogP contribution in [-0.4, -0.2) is 44.0 Å². The van der Waals surface area contributed by atoms with E-state index in [9.17, 15) is 4.79 Å². The molecule has 3 nitrogen and oxygen atoms in total. The maximum Gasteiger partial charge on any atom is 0.158 e. The average Bonchev–Trinajstić information content (AvgIpc) is 2.04. The van der Waals surface area contributed by atoms with Gasteiger partial charge >= 0.3 is 0 Å². The zero-order chi connectivity index (χ0) is 9.56. The van der Waals surface area contributed by atoms with Crippen molar-refractivity contribution >= 4 is 5.78 Å². The van der Waals surface area contributed by atoms with E-state index in [1.54, 1.807) is 14.0 Å². The van der Waals surface area contributed by atoms with E-state index < -0.39 is 0 Å². The first-order valence-electron chi connectivity index (χ1n) is 4.33. The Hall–Kier alpha value is -0.410. The van der Waals surface area contributed by atoms with E-state index in [2.05, 4.69) is 11.8 Å². The van der Waals surface area contributed by atoms with Crippen molar-refractivity contribution in [2.75, 3.05) is 27.2 Å². The number of carbonyl (C=O) groups excluding carboxylic acids is 1. The normalized spacial score (nSPS) is 13.4. The number of Topliss-reactive ketones (excluding diaryl/α,β-unsaturated/α-hetero) is 1. The molecule has 72 valence electrons. The Morgan fingerprint density at radius 2 is 2.17 bits per heavy atom. The van der Waals surface area contributed by atoms with Gasteiger partial charge in [-0.2, -0.15) is 0 Å². The highest BCUT2D eigenvalue weighted by molar-refractivity contribution is 5.80. The SMILES string of the molecule is CCN(C)CCC(OC)C(C)=O. The van der Waals surface area contributed by atoms with Gasteiger partial charge in [0.25, 0.3) is 0 Å². The lowest BCUT2D eigenvalue weighted by atomic mass is 10.2. The lowest BCUT2D eigenvalue weighted by molar-refractivity contribution is -0.127. The molecule has 0 radical (unpaired) electrons. The number of hydrogen-bond acceptors (Lipinski definition) is 3. The average molecular weight is 173 g/mol. The summed E-state index contributed by atoms with van der Waals surface area (Å²) >= 11 is 0. The van der Waals surface area contributed by atoms with E-state index in [1.807, 2.05) is 7.05 Å². The first-order chi connectivity index (χ1) is 5.61. The van der Waals surface area contributed by atoms with Crippen LogP contribution in [0.3, 0.4) is 0 Å². The summed E-state index contributed by atoms with van der Waals surface area (Å²) < 4.78 is 5.03. The lowest BCUT2D eigenvalue weighted by Crippen LogP contribution is -2.27. The second-order valence-electron chi connectivity index (χ2n) is 3.02. The largest absolute Gasteiger partial charge is 0.374 e. The molecule has 0 aromatic heterocycles. The molecule has 3 heteroatoms. The second-order valence-corrected chi connectivity index (χ2v) is 3.02. The summed E-state index contributed by atoms with van der Waals surface area (Å²) in [6.07, 6.45) is 0.565. The molecule has 0 saturated carbocycles. The summed E-state index contributed by atoms with van der Waals surface area (Å²) in [6.45, 7) is 5.58. The van der Waals surface area contributed by atoms with Crippen LogP contribution in [0.15, 0.2) is 0 Å². The number of rotatable bonds is 6. The van der Waals surface area contributed by atoms with Crippen LogP contribution in [0.2, 0.25) is 0 Å². The van der Waals surface area contributed by atoms with Crippen molar-refractivity contribution < 1.29 is 9.53 Å². The molecular weight excluding hydrogens is 154 g/mol. The van der Waals surface area contributed by atoms with Crippen molar-refractivity contribution in [1.29, 1.82) is 0 Å². The number of ether oxygens (including phenoxy) is 1. The molecular formula is C9H19NO2. The Balaban J connectivity index is 3.65. The zero-order valence-electron chi connectivity index (χ0n) is 8.46. The smallest absolute Gasteiger partial charge is 0.158 e. The van der Waals surface area contributed by atoms with Crippen LogP contribution in [0.5, 0.6) is 0 Å². The van der Waals surface area contributed by atoms with Gasteiger partial charge in [0, 0.05) is 13.7 Å². The predicted octanol–water partition coefficient (Wildman–Crippen LogP) is 0.932. The number of methoxy groups -OCH3 is 1. The van der Waals surface area contributed by atoms with Crippen molar-refractivity contribution in [1.82, 2.24) is 4.90 Å². The molecule has 0 bridgehead atoms. The molecule has 0 heterocycles. The van der Waals surface area contributed by atoms with Crippen molar-refractivity contribution in [3.05, 3.63) is 0 Å². The molecule has 1 atom stereocenters. The standard InChI is InChI=1S/C9H19NO2/c1-5-10(3)7-6-9(12-4)8(2)11/h9H,5-7H2,1-4H3. The van der Waals surface area contributed by atoms with E-state index in [0.29, 0.717) is 0 Å². The predicted molar refractivity (Wildman–Crippen MR) is 49.3 cm³/mol. The fourth-order valence-electron chi connectivity index (χ4n) is 0.983. The maximum atomic E-state index is 10.9. The highest BCUT2D eigenvalue weighted by Gasteiger charge is 2.12. The van der Waals surface area contributed by atoms with Gasteiger partial charge in [0.1, 0.15) is 6.10 Å². The second kappa shape index (κ2) is 6.14. The van der Waals surface area contributed by atoms with Gasteiger partial charge in [0.2, 0.25) is 0 Å². The molecule has 0 aromatic rings. The third-order valence-electron chi connectivity index (χ3n) is 2.05. The van der Waals surface area contributed by atoms with Crippen LogP contribution in [0, 0.1) is 0 Å². The minimum absolute atomic E-state index is 0.113. The first-order valence-corrected chi connectivity index (χ1v) is 4.33. The van der Waals surface area contributed by atoms with Gasteiger partial charge in [-0.15, -0.1) is 0 Å². The third kappa shape index (κ3) is 4.46. The van der Waals surface area contributed by atoms with Gasteiger partial charge in [0.15, 0.2) is 5.78 Å². The van der Waals surface area contributed by atoms with Gasteiger partial charge < -0.3 is 9.64 Å². The highest BCUT2D eigenvalue weighted by Crippen LogP contribution is 1.99. The van der Waals surface area contributed by atoms with Crippen LogP contribution >= 0.6 is 0 Å². The van der Waals surface area contributed by atoms with Gasteiger partial charge in [-0.1, -0.05) is 6.92 Å². The molecule has 0 N–H and O–H groups in total. The number of hydrogen-bond donors (Lipinski definition) is 0. The summed E-state index contributed by atoms with van der Waals surface area (Å²) in [5.41, 5.74) is 0. The maximum absolute atomic E-state index is 10.9. The van der Waals surface area contributed by atoms with Gasteiger partial charge in [-0.3, -0.25) is 4.79 Å². The van der Waals surface area contributed by atoms with E-state index in [0.717, 1.165) is 19.5 Å². The van der Waals surface area contributed by atoms with Gasteiger partial charge in [-0.05, 0) is 26.9 Å². The Bertz CT molecular complexity index is 136. The molecule has 1 unspecified atom stereocenters. The van der Waals surface area contributed by atoms with E-state index in [-0.39, 0.29) is 11.9 Å². The molecule has 0 aromatic carbocycles. The summed E-state index contributed by atoms with van der Waals surface area (Å²) in [6, 6.07) is 0. The third-order valence-corrected chi connectivity index (χ3v) is 2.05. The molecule has 0 rings (SSSR count). The molecule has 0 aliphatic rings. The Morgan fingerprint density at radius 1 is 1.58 bits per heavy atom. The molecule has 12 heavy (non-hydrogen) atoms. The van der Waals surface area contributed by atoms with E-state index in [1.165, 1.54) is 0 Å². The fraction of sp³-hybridized carbons (Fsp3) is 0.889. The van der Waals surface area contributed by atoms with Crippen LogP contribution in [0.4, 0.5) is 0 Å².